The van der Waals surface area contributed by atoms with Gasteiger partial charge in [0.25, 0.3) is 0 Å². The number of ketones is 1. The van der Waals surface area contributed by atoms with Crippen LogP contribution in [0.1, 0.15) is 12.8 Å². The highest BCUT2D eigenvalue weighted by Crippen LogP contribution is 2.14. The average Bonchev–Trinajstić information content (AvgIpc) is 2.08. The zero-order valence-electron chi connectivity index (χ0n) is 6.91. The Labute approximate surface area is 70.6 Å². The molecule has 0 unspecified atom stereocenters. The summed E-state index contributed by atoms with van der Waals surface area (Å²) in [7, 11) is 1.56. The average molecular weight is 169 g/mol. The van der Waals surface area contributed by atoms with Gasteiger partial charge in [0.15, 0.2) is 5.76 Å². The maximum Gasteiger partial charge on any atom is 0.204 e. The van der Waals surface area contributed by atoms with Crippen LogP contribution in [0.2, 0.25) is 0 Å². The lowest BCUT2D eigenvalue weighted by Crippen LogP contribution is -2.10. The molecule has 0 amide bonds. The molecule has 12 heavy (non-hydrogen) atoms. The van der Waals surface area contributed by atoms with Gasteiger partial charge in [0, 0.05) is 26.2 Å². The van der Waals surface area contributed by atoms with Crippen molar-refractivity contribution in [1.29, 1.82) is 0 Å². The molecule has 1 heterocycles. The minimum atomic E-state index is -0.267. The van der Waals surface area contributed by atoms with Gasteiger partial charge >= 0.3 is 0 Å². The molecule has 0 aromatic heterocycles. The summed E-state index contributed by atoms with van der Waals surface area (Å²) >= 11 is 0. The van der Waals surface area contributed by atoms with Crippen LogP contribution in [0.15, 0.2) is 16.4 Å². The smallest absolute Gasteiger partial charge is 0.204 e. The van der Waals surface area contributed by atoms with Crippen LogP contribution in [0.4, 0.5) is 0 Å². The number of ether oxygens (including phenoxy) is 1. The van der Waals surface area contributed by atoms with E-state index in [1.54, 1.807) is 7.11 Å². The number of hydrogen-bond donors (Lipinski definition) is 1. The Morgan fingerprint density at radius 2 is 2.50 bits per heavy atom. The summed E-state index contributed by atoms with van der Waals surface area (Å²) in [4.78, 5) is 14.8. The van der Waals surface area contributed by atoms with Gasteiger partial charge in [-0.2, -0.15) is 0 Å². The highest BCUT2D eigenvalue weighted by molar-refractivity contribution is 6.03. The molecule has 0 aliphatic carbocycles. The van der Waals surface area contributed by atoms with Gasteiger partial charge in [0.1, 0.15) is 0 Å². The summed E-state index contributed by atoms with van der Waals surface area (Å²) in [6.07, 6.45) is 2.18. The number of nitrogens with zero attached hydrogens (tertiary/aromatic N) is 1. The van der Waals surface area contributed by atoms with Gasteiger partial charge < -0.3 is 9.84 Å². The van der Waals surface area contributed by atoms with Crippen LogP contribution in [0.25, 0.3) is 0 Å². The van der Waals surface area contributed by atoms with Crippen molar-refractivity contribution in [3.8, 4) is 0 Å². The first-order valence-electron chi connectivity index (χ1n) is 3.72. The van der Waals surface area contributed by atoms with Gasteiger partial charge in [-0.15, -0.1) is 0 Å². The van der Waals surface area contributed by atoms with Crippen molar-refractivity contribution in [3.63, 3.8) is 0 Å². The summed E-state index contributed by atoms with van der Waals surface area (Å²) in [5.74, 6) is -0.481. The second-order valence-corrected chi connectivity index (χ2v) is 2.48. The van der Waals surface area contributed by atoms with Gasteiger partial charge in [0.2, 0.25) is 5.78 Å². The Kier molecular flexibility index (Phi) is 2.99. The number of aliphatic hydroxyl groups is 1. The van der Waals surface area contributed by atoms with Crippen molar-refractivity contribution in [3.05, 3.63) is 11.5 Å². The predicted molar refractivity (Wildman–Crippen MR) is 44.3 cm³/mol. The van der Waals surface area contributed by atoms with Crippen LogP contribution in [-0.4, -0.2) is 30.8 Å². The summed E-state index contributed by atoms with van der Waals surface area (Å²) in [6.45, 7) is 0.462. The van der Waals surface area contributed by atoms with Crippen molar-refractivity contribution < 1.29 is 14.6 Å². The normalized spacial score (nSPS) is 17.2. The fourth-order valence-corrected chi connectivity index (χ4v) is 0.939. The second-order valence-electron chi connectivity index (χ2n) is 2.48. The van der Waals surface area contributed by atoms with E-state index in [1.807, 2.05) is 0 Å². The number of aliphatic imine (C=N–C) groups is 1. The van der Waals surface area contributed by atoms with E-state index in [0.717, 1.165) is 0 Å². The quantitative estimate of drug-likeness (QED) is 0.680. The third kappa shape index (κ3) is 1.92. The van der Waals surface area contributed by atoms with Crippen LogP contribution in [0, 0.1) is 0 Å². The van der Waals surface area contributed by atoms with Gasteiger partial charge in [-0.05, 0) is 0 Å². The largest absolute Gasteiger partial charge is 0.503 e. The molecule has 66 valence electrons. The molecule has 0 radical (unpaired) electrons. The van der Waals surface area contributed by atoms with E-state index in [-0.39, 0.29) is 18.0 Å². The Morgan fingerprint density at radius 3 is 3.17 bits per heavy atom. The van der Waals surface area contributed by atoms with Crippen molar-refractivity contribution in [2.75, 3.05) is 13.7 Å². The molecule has 1 aliphatic heterocycles. The Hall–Kier alpha value is -1.16. The number of hydrogen-bond acceptors (Lipinski definition) is 4. The zero-order chi connectivity index (χ0) is 8.97. The molecular weight excluding hydrogens is 158 g/mol. The maximum absolute atomic E-state index is 10.9. The van der Waals surface area contributed by atoms with E-state index >= 15 is 0 Å². The van der Waals surface area contributed by atoms with Crippen LogP contribution in [-0.2, 0) is 9.53 Å². The third-order valence-electron chi connectivity index (χ3n) is 1.60. The molecule has 0 aromatic carbocycles. The molecule has 0 saturated carbocycles. The molecule has 4 nitrogen and oxygen atoms in total. The molecule has 0 fully saturated rings. The first-order valence-corrected chi connectivity index (χ1v) is 3.72. The molecular formula is C8H11NO3. The number of methoxy groups -OCH3 is 1. The molecule has 1 rings (SSSR count). The minimum absolute atomic E-state index is 0.197. The molecule has 1 aliphatic rings. The molecule has 0 saturated heterocycles. The SMILES string of the molecule is COCCC1=C(O)C(=O)CC=N1. The van der Waals surface area contributed by atoms with Crippen molar-refractivity contribution in [2.45, 2.75) is 12.8 Å². The molecule has 0 atom stereocenters. The first-order chi connectivity index (χ1) is 5.75. The van der Waals surface area contributed by atoms with Crippen molar-refractivity contribution in [2.24, 2.45) is 4.99 Å². The fraction of sp³-hybridized carbons (Fsp3) is 0.500. The summed E-state index contributed by atoms with van der Waals surface area (Å²) in [5.41, 5.74) is 0.424. The molecule has 4 heteroatoms. The number of carbonyl (C=O) groups excluding carboxylic acids is 1. The number of rotatable bonds is 3. The van der Waals surface area contributed by atoms with Crippen LogP contribution in [0.5, 0.6) is 0 Å². The summed E-state index contributed by atoms with van der Waals surface area (Å²) in [6, 6.07) is 0. The Balaban J connectivity index is 2.65. The van der Waals surface area contributed by atoms with Gasteiger partial charge in [-0.25, -0.2) is 0 Å². The third-order valence-corrected chi connectivity index (χ3v) is 1.60. The van der Waals surface area contributed by atoms with Crippen LogP contribution >= 0.6 is 0 Å². The van der Waals surface area contributed by atoms with E-state index in [1.165, 1.54) is 6.21 Å². The molecule has 1 N–H and O–H groups in total. The lowest BCUT2D eigenvalue weighted by atomic mass is 10.1. The van der Waals surface area contributed by atoms with Gasteiger partial charge in [-0.1, -0.05) is 0 Å². The molecule has 0 bridgehead atoms. The second kappa shape index (κ2) is 4.01. The van der Waals surface area contributed by atoms with Gasteiger partial charge in [-0.3, -0.25) is 9.79 Å². The highest BCUT2D eigenvalue weighted by atomic mass is 16.5. The van der Waals surface area contributed by atoms with E-state index in [4.69, 9.17) is 4.74 Å². The molecule has 0 aromatic rings. The maximum atomic E-state index is 10.9. The Morgan fingerprint density at radius 1 is 1.75 bits per heavy atom. The topological polar surface area (TPSA) is 58.9 Å². The van der Waals surface area contributed by atoms with E-state index < -0.39 is 0 Å². The van der Waals surface area contributed by atoms with E-state index in [2.05, 4.69) is 4.99 Å². The van der Waals surface area contributed by atoms with Crippen LogP contribution < -0.4 is 0 Å². The lowest BCUT2D eigenvalue weighted by molar-refractivity contribution is -0.117. The van der Waals surface area contributed by atoms with Crippen LogP contribution in [0.3, 0.4) is 0 Å². The predicted octanol–water partition coefficient (Wildman–Crippen LogP) is 0.836. The highest BCUT2D eigenvalue weighted by Gasteiger charge is 2.15. The number of aliphatic hydroxyl groups excluding tert-OH is 1. The lowest BCUT2D eigenvalue weighted by Gasteiger charge is -2.07. The summed E-state index contributed by atoms with van der Waals surface area (Å²) < 4.78 is 4.80. The number of Topliss-reactive ketones (excluding diaryl/α,β-unsaturated/α-hetero) is 1. The minimum Gasteiger partial charge on any atom is -0.503 e. The van der Waals surface area contributed by atoms with Crippen molar-refractivity contribution >= 4 is 12.0 Å². The summed E-state index contributed by atoms with van der Waals surface area (Å²) in [5, 5.41) is 9.22. The monoisotopic (exact) mass is 169 g/mol. The fourth-order valence-electron chi connectivity index (χ4n) is 0.939. The van der Waals surface area contributed by atoms with E-state index in [9.17, 15) is 9.90 Å². The van der Waals surface area contributed by atoms with Gasteiger partial charge in [0.05, 0.1) is 12.3 Å². The standard InChI is InChI=1S/C8H11NO3/c1-12-5-3-6-8(11)7(10)2-4-9-6/h4,11H,2-3,5H2,1H3. The zero-order valence-corrected chi connectivity index (χ0v) is 6.91. The Bertz CT molecular complexity index is 243. The van der Waals surface area contributed by atoms with E-state index in [0.29, 0.717) is 18.7 Å². The number of allylic oxidation sites excluding steroid dienone is 1. The molecule has 0 spiro atoms. The first kappa shape index (κ1) is 8.93. The number of carbonyl (C=O) groups is 1. The van der Waals surface area contributed by atoms with Crippen molar-refractivity contribution in [1.82, 2.24) is 0 Å².